The third kappa shape index (κ3) is 7.72. The number of anilines is 2. The molecule has 0 aliphatic rings. The van der Waals surface area contributed by atoms with E-state index in [4.69, 9.17) is 0 Å². The number of aromatic nitrogens is 1. The van der Waals surface area contributed by atoms with Crippen LogP contribution in [-0.4, -0.2) is 27.3 Å². The Morgan fingerprint density at radius 1 is 0.826 bits per heavy atom. The van der Waals surface area contributed by atoms with Crippen molar-refractivity contribution in [3.8, 4) is 0 Å². The molecular formula is C39H41N3O4. The van der Waals surface area contributed by atoms with Crippen LogP contribution in [0.25, 0.3) is 10.9 Å². The van der Waals surface area contributed by atoms with Crippen molar-refractivity contribution < 1.29 is 19.5 Å². The predicted octanol–water partition coefficient (Wildman–Crippen LogP) is 8.68. The standard InChI is InChI=1S/C39H41N3O4/c1-4-32(21-22-36(43)44)42-25-34(33-15-8-9-16-35(33)42)38(45)29-11-10-14-31(24-29)40-37(39(46)41-30-12-6-5-7-13-30)28-19-17-27(18-20-28)23-26(2)3/h5-20,24-26,32,37,40H,4,21-23H2,1-3H3,(H,41,46)(H,43,44). The minimum Gasteiger partial charge on any atom is -0.481 e. The van der Waals surface area contributed by atoms with Crippen molar-refractivity contribution in [2.75, 3.05) is 10.6 Å². The molecule has 0 bridgehead atoms. The van der Waals surface area contributed by atoms with Gasteiger partial charge in [-0.2, -0.15) is 0 Å². The zero-order valence-corrected chi connectivity index (χ0v) is 26.6. The van der Waals surface area contributed by atoms with Gasteiger partial charge in [0.05, 0.1) is 0 Å². The molecule has 2 unspecified atom stereocenters. The van der Waals surface area contributed by atoms with Crippen LogP contribution in [0.5, 0.6) is 0 Å². The van der Waals surface area contributed by atoms with E-state index in [9.17, 15) is 19.5 Å². The van der Waals surface area contributed by atoms with Crippen molar-refractivity contribution in [2.24, 2.45) is 5.92 Å². The number of carbonyl (C=O) groups is 3. The van der Waals surface area contributed by atoms with Gasteiger partial charge in [-0.25, -0.2) is 0 Å². The van der Waals surface area contributed by atoms with Gasteiger partial charge in [-0.1, -0.05) is 93.6 Å². The van der Waals surface area contributed by atoms with E-state index >= 15 is 0 Å². The summed E-state index contributed by atoms with van der Waals surface area (Å²) in [7, 11) is 0. The molecule has 236 valence electrons. The number of nitrogens with zero attached hydrogens (tertiary/aromatic N) is 1. The minimum atomic E-state index is -0.835. The molecule has 3 N–H and O–H groups in total. The Labute approximate surface area is 270 Å². The molecule has 0 aliphatic carbocycles. The van der Waals surface area contributed by atoms with Crippen LogP contribution in [0.2, 0.25) is 0 Å². The van der Waals surface area contributed by atoms with E-state index in [1.807, 2.05) is 96.6 Å². The van der Waals surface area contributed by atoms with E-state index in [-0.39, 0.29) is 24.2 Å². The van der Waals surface area contributed by atoms with E-state index in [2.05, 4.69) is 36.6 Å². The molecule has 1 aromatic heterocycles. The van der Waals surface area contributed by atoms with Crippen LogP contribution in [0.15, 0.2) is 109 Å². The number of carboxylic acids is 1. The molecule has 5 rings (SSSR count). The first kappa shape index (κ1) is 32.2. The van der Waals surface area contributed by atoms with Crippen molar-refractivity contribution in [3.63, 3.8) is 0 Å². The van der Waals surface area contributed by atoms with Crippen LogP contribution in [0.1, 0.15) is 79.2 Å². The number of nitrogens with one attached hydrogen (secondary N) is 2. The lowest BCUT2D eigenvalue weighted by Crippen LogP contribution is -2.27. The van der Waals surface area contributed by atoms with Gasteiger partial charge < -0.3 is 20.3 Å². The Kier molecular flexibility index (Phi) is 10.3. The maximum Gasteiger partial charge on any atom is 0.303 e. The Balaban J connectivity index is 1.45. The van der Waals surface area contributed by atoms with Crippen molar-refractivity contribution in [1.82, 2.24) is 4.57 Å². The normalized spacial score (nSPS) is 12.5. The Morgan fingerprint density at radius 2 is 1.52 bits per heavy atom. The van der Waals surface area contributed by atoms with Gasteiger partial charge in [-0.15, -0.1) is 0 Å². The van der Waals surface area contributed by atoms with Crippen molar-refractivity contribution >= 4 is 39.9 Å². The summed E-state index contributed by atoms with van der Waals surface area (Å²) in [5.74, 6) is -0.671. The van der Waals surface area contributed by atoms with Crippen LogP contribution in [-0.2, 0) is 16.0 Å². The monoisotopic (exact) mass is 615 g/mol. The average molecular weight is 616 g/mol. The topological polar surface area (TPSA) is 100 Å². The minimum absolute atomic E-state index is 0.0497. The van der Waals surface area contributed by atoms with Crippen LogP contribution in [0.3, 0.4) is 0 Å². The van der Waals surface area contributed by atoms with Gasteiger partial charge in [-0.05, 0) is 66.6 Å². The van der Waals surface area contributed by atoms with Crippen molar-refractivity contribution in [1.29, 1.82) is 0 Å². The summed E-state index contributed by atoms with van der Waals surface area (Å²) in [6, 6.07) is 31.6. The second kappa shape index (κ2) is 14.7. The van der Waals surface area contributed by atoms with Gasteiger partial charge in [0, 0.05) is 52.1 Å². The van der Waals surface area contributed by atoms with E-state index in [1.54, 1.807) is 12.1 Å². The third-order valence-electron chi connectivity index (χ3n) is 8.24. The van der Waals surface area contributed by atoms with Gasteiger partial charge in [0.2, 0.25) is 0 Å². The number of amides is 1. The first-order valence-corrected chi connectivity index (χ1v) is 15.9. The molecule has 0 spiro atoms. The maximum absolute atomic E-state index is 14.0. The first-order valence-electron chi connectivity index (χ1n) is 15.9. The summed E-state index contributed by atoms with van der Waals surface area (Å²) in [4.78, 5) is 39.0. The number of hydrogen-bond donors (Lipinski definition) is 3. The molecule has 0 aliphatic heterocycles. The lowest BCUT2D eigenvalue weighted by Gasteiger charge is -2.21. The van der Waals surface area contributed by atoms with Gasteiger partial charge in [0.1, 0.15) is 6.04 Å². The van der Waals surface area contributed by atoms with Gasteiger partial charge in [0.25, 0.3) is 5.91 Å². The second-order valence-electron chi connectivity index (χ2n) is 12.1. The average Bonchev–Trinajstić information content (AvgIpc) is 3.44. The quantitative estimate of drug-likeness (QED) is 0.109. The number of aliphatic carboxylic acids is 1. The molecule has 7 heteroatoms. The fourth-order valence-corrected chi connectivity index (χ4v) is 5.94. The molecule has 46 heavy (non-hydrogen) atoms. The highest BCUT2D eigenvalue weighted by Gasteiger charge is 2.23. The number of para-hydroxylation sites is 2. The highest BCUT2D eigenvalue weighted by molar-refractivity contribution is 6.16. The fraction of sp³-hybridized carbons (Fsp3) is 0.256. The van der Waals surface area contributed by atoms with E-state index in [0.717, 1.165) is 29.3 Å². The van der Waals surface area contributed by atoms with Crippen LogP contribution in [0.4, 0.5) is 11.4 Å². The number of carboxylic acid groups (broad SMARTS) is 1. The number of rotatable bonds is 14. The molecule has 0 fully saturated rings. The second-order valence-corrected chi connectivity index (χ2v) is 12.1. The zero-order valence-electron chi connectivity index (χ0n) is 26.6. The largest absolute Gasteiger partial charge is 0.481 e. The molecule has 1 amide bonds. The van der Waals surface area contributed by atoms with Crippen LogP contribution in [0, 0.1) is 5.92 Å². The molecule has 7 nitrogen and oxygen atoms in total. The molecule has 0 saturated carbocycles. The van der Waals surface area contributed by atoms with Gasteiger partial charge >= 0.3 is 5.97 Å². The Bertz CT molecular complexity index is 1810. The third-order valence-corrected chi connectivity index (χ3v) is 8.24. The van der Waals surface area contributed by atoms with Crippen molar-refractivity contribution in [2.45, 2.75) is 58.5 Å². The highest BCUT2D eigenvalue weighted by Crippen LogP contribution is 2.31. The Morgan fingerprint density at radius 3 is 2.22 bits per heavy atom. The molecule has 2 atom stereocenters. The lowest BCUT2D eigenvalue weighted by molar-refractivity contribution is -0.137. The van der Waals surface area contributed by atoms with Gasteiger partial charge in [-0.3, -0.25) is 14.4 Å². The number of ketones is 1. The summed E-state index contributed by atoms with van der Waals surface area (Å²) in [5, 5.41) is 16.5. The van der Waals surface area contributed by atoms with Crippen LogP contribution < -0.4 is 10.6 Å². The first-order chi connectivity index (χ1) is 22.2. The molecule has 0 radical (unpaired) electrons. The number of fused-ring (bicyclic) bond motifs is 1. The Hall–Kier alpha value is -5.17. The smallest absolute Gasteiger partial charge is 0.303 e. The number of carbonyl (C=O) groups excluding carboxylic acids is 2. The van der Waals surface area contributed by atoms with Gasteiger partial charge in [0.15, 0.2) is 5.78 Å². The van der Waals surface area contributed by atoms with Crippen molar-refractivity contribution in [3.05, 3.63) is 132 Å². The number of hydrogen-bond acceptors (Lipinski definition) is 4. The number of benzene rings is 4. The summed E-state index contributed by atoms with van der Waals surface area (Å²) in [5.41, 5.74) is 5.30. The summed E-state index contributed by atoms with van der Waals surface area (Å²) in [6.07, 6.45) is 4.08. The predicted molar refractivity (Wildman–Crippen MR) is 184 cm³/mol. The van der Waals surface area contributed by atoms with E-state index in [0.29, 0.717) is 34.8 Å². The maximum atomic E-state index is 14.0. The van der Waals surface area contributed by atoms with E-state index in [1.165, 1.54) is 5.56 Å². The molecule has 1 heterocycles. The molecular weight excluding hydrogens is 574 g/mol. The molecule has 4 aromatic carbocycles. The van der Waals surface area contributed by atoms with E-state index < -0.39 is 12.0 Å². The zero-order chi connectivity index (χ0) is 32.6. The summed E-state index contributed by atoms with van der Waals surface area (Å²) < 4.78 is 2.04. The summed E-state index contributed by atoms with van der Waals surface area (Å²) >= 11 is 0. The lowest BCUT2D eigenvalue weighted by atomic mass is 9.98. The SMILES string of the molecule is CCC(CCC(=O)O)n1cc(C(=O)c2cccc(NC(C(=O)Nc3ccccc3)c3ccc(CC(C)C)cc3)c2)c2ccccc21. The van der Waals surface area contributed by atoms with Crippen LogP contribution >= 0.6 is 0 Å². The fourth-order valence-electron chi connectivity index (χ4n) is 5.94. The highest BCUT2D eigenvalue weighted by atomic mass is 16.4. The summed E-state index contributed by atoms with van der Waals surface area (Å²) in [6.45, 7) is 6.39. The molecule has 0 saturated heterocycles. The molecule has 5 aromatic rings.